The largest absolute Gasteiger partial charge is 0.497 e. The topological polar surface area (TPSA) is 89.1 Å². The van der Waals surface area contributed by atoms with Crippen molar-refractivity contribution < 1.29 is 13.2 Å². The Morgan fingerprint density at radius 2 is 1.95 bits per heavy atom. The van der Waals surface area contributed by atoms with E-state index in [4.69, 9.17) is 4.74 Å². The Morgan fingerprint density at radius 3 is 2.48 bits per heavy atom. The van der Waals surface area contributed by atoms with Crippen molar-refractivity contribution in [1.82, 2.24) is 9.97 Å². The van der Waals surface area contributed by atoms with Crippen LogP contribution in [0.3, 0.4) is 0 Å². The first kappa shape index (κ1) is 15.6. The van der Waals surface area contributed by atoms with Crippen LogP contribution in [0.4, 0.5) is 0 Å². The Hall–Kier alpha value is -1.80. The molecule has 0 spiro atoms. The molecule has 0 radical (unpaired) electrons. The van der Waals surface area contributed by atoms with E-state index in [1.165, 1.54) is 43.1 Å². The number of rotatable bonds is 5. The van der Waals surface area contributed by atoms with E-state index in [9.17, 15) is 13.2 Å². The predicted molar refractivity (Wildman–Crippen MR) is 79.7 cm³/mol. The lowest BCUT2D eigenvalue weighted by atomic mass is 10.3. The quantitative estimate of drug-likeness (QED) is 0.665. The molecule has 6 nitrogen and oxygen atoms in total. The zero-order valence-electron chi connectivity index (χ0n) is 11.5. The minimum atomic E-state index is -3.90. The van der Waals surface area contributed by atoms with Crippen molar-refractivity contribution in [3.63, 3.8) is 0 Å². The molecule has 0 bridgehead atoms. The highest BCUT2D eigenvalue weighted by Gasteiger charge is 2.22. The Bertz CT molecular complexity index is 783. The second kappa shape index (κ2) is 6.31. The van der Waals surface area contributed by atoms with Gasteiger partial charge in [0.25, 0.3) is 5.56 Å². The first-order valence-corrected chi connectivity index (χ1v) is 8.57. The third-order valence-corrected chi connectivity index (χ3v) is 5.22. The number of hydrogen-bond acceptors (Lipinski definition) is 6. The van der Waals surface area contributed by atoms with Crippen molar-refractivity contribution in [3.05, 3.63) is 40.8 Å². The van der Waals surface area contributed by atoms with E-state index in [-0.39, 0.29) is 9.79 Å². The summed E-state index contributed by atoms with van der Waals surface area (Å²) in [5.74, 6) is 1.27. The van der Waals surface area contributed by atoms with Crippen molar-refractivity contribution in [1.29, 1.82) is 0 Å². The number of aromatic amines is 1. The van der Waals surface area contributed by atoms with Gasteiger partial charge < -0.3 is 9.72 Å². The van der Waals surface area contributed by atoms with Gasteiger partial charge in [-0.2, -0.15) is 0 Å². The van der Waals surface area contributed by atoms with Crippen molar-refractivity contribution in [2.24, 2.45) is 0 Å². The third-order valence-electron chi connectivity index (χ3n) is 2.68. The Morgan fingerprint density at radius 1 is 1.29 bits per heavy atom. The molecule has 0 aliphatic heterocycles. The number of benzene rings is 1. The number of aromatic nitrogens is 2. The van der Waals surface area contributed by atoms with Crippen LogP contribution < -0.4 is 10.3 Å². The van der Waals surface area contributed by atoms with E-state index >= 15 is 0 Å². The average Bonchev–Trinajstić information content (AvgIpc) is 2.47. The zero-order chi connectivity index (χ0) is 15.5. The van der Waals surface area contributed by atoms with Gasteiger partial charge in [0.15, 0.2) is 10.1 Å². The summed E-state index contributed by atoms with van der Waals surface area (Å²) in [7, 11) is -2.41. The molecule has 0 saturated carbocycles. The summed E-state index contributed by atoms with van der Waals surface area (Å²) in [5, 5.41) is 0.399. The fraction of sp³-hybridized carbons (Fsp3) is 0.231. The van der Waals surface area contributed by atoms with Gasteiger partial charge in [-0.05, 0) is 30.0 Å². The van der Waals surface area contributed by atoms with Crippen LogP contribution in [-0.4, -0.2) is 31.2 Å². The van der Waals surface area contributed by atoms with Gasteiger partial charge in [-0.25, -0.2) is 13.4 Å². The summed E-state index contributed by atoms with van der Waals surface area (Å²) in [6, 6.07) is 5.83. The number of nitrogens with zero attached hydrogens (tertiary/aromatic N) is 1. The van der Waals surface area contributed by atoms with Crippen LogP contribution in [-0.2, 0) is 9.84 Å². The van der Waals surface area contributed by atoms with Gasteiger partial charge in [-0.3, -0.25) is 4.79 Å². The van der Waals surface area contributed by atoms with Crippen LogP contribution in [0.25, 0.3) is 0 Å². The summed E-state index contributed by atoms with van der Waals surface area (Å²) < 4.78 is 29.8. The van der Waals surface area contributed by atoms with E-state index in [1.54, 1.807) is 0 Å². The number of methoxy groups -OCH3 is 1. The molecule has 0 unspecified atom stereocenters. The highest BCUT2D eigenvalue weighted by molar-refractivity contribution is 7.99. The monoisotopic (exact) mass is 326 g/mol. The average molecular weight is 326 g/mol. The number of hydrogen-bond donors (Lipinski definition) is 1. The molecule has 0 atom stereocenters. The molecule has 1 aromatic carbocycles. The molecule has 0 saturated heterocycles. The maximum atomic E-state index is 12.4. The first-order valence-electron chi connectivity index (χ1n) is 6.10. The number of ether oxygens (including phenoxy) is 1. The smallest absolute Gasteiger partial charge is 0.270 e. The summed E-state index contributed by atoms with van der Waals surface area (Å²) in [4.78, 5) is 18.0. The fourth-order valence-corrected chi connectivity index (χ4v) is 3.45. The van der Waals surface area contributed by atoms with Crippen molar-refractivity contribution in [2.45, 2.75) is 21.9 Å². The maximum absolute atomic E-state index is 12.4. The molecule has 0 aliphatic rings. The molecule has 21 heavy (non-hydrogen) atoms. The van der Waals surface area contributed by atoms with Gasteiger partial charge in [-0.1, -0.05) is 18.7 Å². The van der Waals surface area contributed by atoms with E-state index < -0.39 is 15.4 Å². The molecule has 1 N–H and O–H groups in total. The standard InChI is InChI=1S/C13H14N2O4S2/c1-3-20-13-14-8-11(12(16)15-13)21(17,18)10-6-4-9(19-2)5-7-10/h4-8H,3H2,1-2H3,(H,14,15,16). The van der Waals surface area contributed by atoms with Crippen molar-refractivity contribution in [3.8, 4) is 5.75 Å². The van der Waals surface area contributed by atoms with Gasteiger partial charge in [0.2, 0.25) is 9.84 Å². The highest BCUT2D eigenvalue weighted by atomic mass is 32.2. The Kier molecular flexibility index (Phi) is 4.69. The van der Waals surface area contributed by atoms with Crippen LogP contribution in [0.5, 0.6) is 5.75 Å². The molecule has 0 amide bonds. The summed E-state index contributed by atoms with van der Waals surface area (Å²) in [6.45, 7) is 1.91. The van der Waals surface area contributed by atoms with Crippen LogP contribution in [0.1, 0.15) is 6.92 Å². The number of H-pyrrole nitrogens is 1. The minimum Gasteiger partial charge on any atom is -0.497 e. The van der Waals surface area contributed by atoms with Crippen LogP contribution in [0.2, 0.25) is 0 Å². The number of thioether (sulfide) groups is 1. The predicted octanol–water partition coefficient (Wildman–Crippen LogP) is 1.72. The lowest BCUT2D eigenvalue weighted by molar-refractivity contribution is 0.414. The number of nitrogens with one attached hydrogen (secondary N) is 1. The lowest BCUT2D eigenvalue weighted by Crippen LogP contribution is -2.19. The lowest BCUT2D eigenvalue weighted by Gasteiger charge is -2.05. The Balaban J connectivity index is 2.45. The maximum Gasteiger partial charge on any atom is 0.270 e. The van der Waals surface area contributed by atoms with Crippen molar-refractivity contribution in [2.75, 3.05) is 12.9 Å². The molecule has 1 aromatic heterocycles. The Labute approximate surface area is 126 Å². The zero-order valence-corrected chi connectivity index (χ0v) is 13.1. The molecule has 0 aliphatic carbocycles. The molecular formula is C13H14N2O4S2. The summed E-state index contributed by atoms with van der Waals surface area (Å²) in [6.07, 6.45) is 1.09. The molecular weight excluding hydrogens is 312 g/mol. The van der Waals surface area contributed by atoms with E-state index in [2.05, 4.69) is 9.97 Å². The summed E-state index contributed by atoms with van der Waals surface area (Å²) in [5.41, 5.74) is -0.670. The van der Waals surface area contributed by atoms with E-state index in [0.29, 0.717) is 10.9 Å². The second-order valence-corrected chi connectivity index (χ2v) is 7.16. The van der Waals surface area contributed by atoms with Gasteiger partial charge in [0.1, 0.15) is 5.75 Å². The second-order valence-electron chi connectivity index (χ2n) is 3.99. The molecule has 1 heterocycles. The first-order chi connectivity index (χ1) is 9.98. The van der Waals surface area contributed by atoms with Gasteiger partial charge in [0.05, 0.1) is 18.2 Å². The van der Waals surface area contributed by atoms with Gasteiger partial charge in [-0.15, -0.1) is 0 Å². The minimum absolute atomic E-state index is 0.0199. The van der Waals surface area contributed by atoms with Crippen LogP contribution in [0.15, 0.2) is 50.2 Å². The normalized spacial score (nSPS) is 11.3. The van der Waals surface area contributed by atoms with Gasteiger partial charge in [0, 0.05) is 0 Å². The third kappa shape index (κ3) is 3.27. The SMILES string of the molecule is CCSc1ncc(S(=O)(=O)c2ccc(OC)cc2)c(=O)[nH]1. The molecule has 112 valence electrons. The van der Waals surface area contributed by atoms with E-state index in [0.717, 1.165) is 11.9 Å². The summed E-state index contributed by atoms with van der Waals surface area (Å²) >= 11 is 1.33. The molecule has 2 rings (SSSR count). The number of sulfone groups is 1. The fourth-order valence-electron chi connectivity index (χ4n) is 1.65. The van der Waals surface area contributed by atoms with Crippen molar-refractivity contribution >= 4 is 21.6 Å². The van der Waals surface area contributed by atoms with Gasteiger partial charge >= 0.3 is 0 Å². The van der Waals surface area contributed by atoms with E-state index in [1.807, 2.05) is 6.92 Å². The highest BCUT2D eigenvalue weighted by Crippen LogP contribution is 2.21. The molecule has 8 heteroatoms. The van der Waals surface area contributed by atoms with Crippen LogP contribution >= 0.6 is 11.8 Å². The molecule has 0 fully saturated rings. The molecule has 2 aromatic rings. The van der Waals surface area contributed by atoms with Crippen LogP contribution in [0, 0.1) is 0 Å².